The Kier molecular flexibility index (Phi) is 5.79. The summed E-state index contributed by atoms with van der Waals surface area (Å²) in [5.74, 6) is 0.159. The van der Waals surface area contributed by atoms with Crippen LogP contribution in [0.4, 0.5) is 19.1 Å². The van der Waals surface area contributed by atoms with E-state index in [9.17, 15) is 13.2 Å². The number of nitrogens with one attached hydrogen (secondary N) is 1. The maximum atomic E-state index is 14.2. The summed E-state index contributed by atoms with van der Waals surface area (Å²) < 4.78 is 51.8. The summed E-state index contributed by atoms with van der Waals surface area (Å²) in [6.07, 6.45) is 2.06. The van der Waals surface area contributed by atoms with Crippen molar-refractivity contribution in [1.82, 2.24) is 34.3 Å². The van der Waals surface area contributed by atoms with Gasteiger partial charge in [-0.3, -0.25) is 0 Å². The molecule has 0 amide bonds. The Morgan fingerprint density at radius 3 is 2.75 bits per heavy atom. The van der Waals surface area contributed by atoms with Crippen LogP contribution in [0.25, 0.3) is 27.9 Å². The van der Waals surface area contributed by atoms with Crippen LogP contribution >= 0.6 is 0 Å². The molecule has 6 rings (SSSR count). The van der Waals surface area contributed by atoms with Crippen LogP contribution in [-0.2, 0) is 10.9 Å². The molecule has 2 aliphatic rings. The molecule has 6 heterocycles. The van der Waals surface area contributed by atoms with Crippen LogP contribution in [0.1, 0.15) is 43.9 Å². The van der Waals surface area contributed by atoms with Gasteiger partial charge in [0.05, 0.1) is 10.9 Å². The van der Waals surface area contributed by atoms with Gasteiger partial charge in [0.2, 0.25) is 5.95 Å². The summed E-state index contributed by atoms with van der Waals surface area (Å²) in [7, 11) is 2.02. The van der Waals surface area contributed by atoms with Gasteiger partial charge in [-0.1, -0.05) is 6.07 Å². The molecule has 12 heteroatoms. The Morgan fingerprint density at radius 1 is 1.08 bits per heavy atom. The highest BCUT2D eigenvalue weighted by Gasteiger charge is 2.38. The molecule has 9 nitrogen and oxygen atoms in total. The molecule has 0 radical (unpaired) electrons. The van der Waals surface area contributed by atoms with Gasteiger partial charge < -0.3 is 15.0 Å². The third-order valence-electron chi connectivity index (χ3n) is 6.89. The summed E-state index contributed by atoms with van der Waals surface area (Å²) in [4.78, 5) is 10.6. The molecule has 36 heavy (non-hydrogen) atoms. The molecule has 2 atom stereocenters. The number of anilines is 1. The van der Waals surface area contributed by atoms with Gasteiger partial charge in [0.15, 0.2) is 11.9 Å². The summed E-state index contributed by atoms with van der Waals surface area (Å²) in [5.41, 5.74) is 0.0551. The van der Waals surface area contributed by atoms with Gasteiger partial charge in [-0.15, -0.1) is 5.10 Å². The van der Waals surface area contributed by atoms with Crippen molar-refractivity contribution in [3.63, 3.8) is 0 Å². The average molecular weight is 501 g/mol. The lowest BCUT2D eigenvalue weighted by molar-refractivity contribution is -0.137. The van der Waals surface area contributed by atoms with Crippen molar-refractivity contribution in [2.75, 3.05) is 32.1 Å². The van der Waals surface area contributed by atoms with E-state index < -0.39 is 18.0 Å². The molecule has 2 aliphatic heterocycles. The van der Waals surface area contributed by atoms with Gasteiger partial charge >= 0.3 is 6.18 Å². The number of halogens is 3. The smallest absolute Gasteiger partial charge is 0.356 e. The number of piperidine rings is 1. The summed E-state index contributed by atoms with van der Waals surface area (Å²) in [6, 6.07) is 5.52. The van der Waals surface area contributed by atoms with E-state index in [1.807, 2.05) is 25.2 Å². The predicted molar refractivity (Wildman–Crippen MR) is 127 cm³/mol. The number of likely N-dealkylation sites (tertiary alicyclic amines) is 1. The standard InChI is InChI=1S/C24H27F3N8O/c1-33-10-6-7-15(14-33)29-23-28-13-16(24(25,26)27)20(30-23)21-19-17-8-2-4-11-34(17)32-22(19)35(31-21)18-9-3-5-12-36-18/h2,4,8,11,13,15,18H,3,5-7,9-10,12,14H2,1H3,(H,28,29,30)/t15-,18?/m0/s1. The summed E-state index contributed by atoms with van der Waals surface area (Å²) in [6.45, 7) is 2.33. The van der Waals surface area contributed by atoms with Crippen molar-refractivity contribution < 1.29 is 17.9 Å². The van der Waals surface area contributed by atoms with E-state index >= 15 is 0 Å². The van der Waals surface area contributed by atoms with E-state index in [1.165, 1.54) is 0 Å². The normalized spacial score (nSPS) is 21.9. The molecule has 0 aliphatic carbocycles. The molecular formula is C24H27F3N8O. The second-order valence-corrected chi connectivity index (χ2v) is 9.54. The van der Waals surface area contributed by atoms with Crippen LogP contribution in [0, 0.1) is 0 Å². The molecule has 0 spiro atoms. The Labute approximate surface area is 205 Å². The Morgan fingerprint density at radius 2 is 1.97 bits per heavy atom. The number of fused-ring (bicyclic) bond motifs is 3. The number of likely N-dealkylation sites (N-methyl/N-ethyl adjacent to an activating group) is 1. The fourth-order valence-electron chi connectivity index (χ4n) is 5.17. The van der Waals surface area contributed by atoms with Gasteiger partial charge in [-0.05, 0) is 57.8 Å². The molecular weight excluding hydrogens is 473 g/mol. The first-order valence-corrected chi connectivity index (χ1v) is 12.3. The SMILES string of the molecule is CN1CCC[C@H](Nc2ncc(C(F)(F)F)c(-c3nn(C4CCCCO4)c4nn5ccccc5c34)n2)C1. The highest BCUT2D eigenvalue weighted by Crippen LogP contribution is 2.40. The van der Waals surface area contributed by atoms with Crippen molar-refractivity contribution in [2.45, 2.75) is 50.6 Å². The Hall–Kier alpha value is -3.25. The lowest BCUT2D eigenvalue weighted by Gasteiger charge is -2.30. The van der Waals surface area contributed by atoms with Gasteiger partial charge in [0.1, 0.15) is 17.0 Å². The number of alkyl halides is 3. The maximum Gasteiger partial charge on any atom is 0.420 e. The lowest BCUT2D eigenvalue weighted by Crippen LogP contribution is -2.40. The zero-order chi connectivity index (χ0) is 24.9. The number of aromatic nitrogens is 6. The number of ether oxygens (including phenoxy) is 1. The second-order valence-electron chi connectivity index (χ2n) is 9.54. The number of pyridine rings is 1. The van der Waals surface area contributed by atoms with Crippen LogP contribution in [0.15, 0.2) is 30.6 Å². The summed E-state index contributed by atoms with van der Waals surface area (Å²) in [5, 5.41) is 13.1. The van der Waals surface area contributed by atoms with E-state index in [2.05, 4.69) is 30.4 Å². The van der Waals surface area contributed by atoms with E-state index in [0.717, 1.165) is 45.0 Å². The minimum Gasteiger partial charge on any atom is -0.356 e. The first kappa shape index (κ1) is 23.2. The Balaban J connectivity index is 1.53. The van der Waals surface area contributed by atoms with Crippen LogP contribution in [0.3, 0.4) is 0 Å². The zero-order valence-corrected chi connectivity index (χ0v) is 19.9. The molecule has 0 bridgehead atoms. The third kappa shape index (κ3) is 4.17. The van der Waals surface area contributed by atoms with Crippen molar-refractivity contribution in [3.8, 4) is 11.4 Å². The molecule has 2 fully saturated rings. The molecule has 190 valence electrons. The molecule has 0 aromatic carbocycles. The fraction of sp³-hybridized carbons (Fsp3) is 0.500. The molecule has 2 saturated heterocycles. The minimum absolute atomic E-state index is 0.0542. The molecule has 4 aromatic heterocycles. The van der Waals surface area contributed by atoms with Gasteiger partial charge in [0.25, 0.3) is 0 Å². The lowest BCUT2D eigenvalue weighted by atomic mass is 10.1. The first-order chi connectivity index (χ1) is 17.4. The number of hydrogen-bond donors (Lipinski definition) is 1. The van der Waals surface area contributed by atoms with Crippen LogP contribution in [0.5, 0.6) is 0 Å². The number of rotatable bonds is 4. The van der Waals surface area contributed by atoms with Crippen molar-refractivity contribution >= 4 is 22.5 Å². The largest absolute Gasteiger partial charge is 0.420 e. The number of hydrogen-bond acceptors (Lipinski definition) is 7. The predicted octanol–water partition coefficient (Wildman–Crippen LogP) is 4.37. The molecule has 1 unspecified atom stereocenters. The van der Waals surface area contributed by atoms with Crippen LogP contribution in [0.2, 0.25) is 0 Å². The molecule has 4 aromatic rings. The van der Waals surface area contributed by atoms with Crippen LogP contribution < -0.4 is 5.32 Å². The monoisotopic (exact) mass is 500 g/mol. The van der Waals surface area contributed by atoms with Gasteiger partial charge in [-0.25, -0.2) is 19.2 Å². The van der Waals surface area contributed by atoms with E-state index in [1.54, 1.807) is 15.4 Å². The van der Waals surface area contributed by atoms with Gasteiger partial charge in [-0.2, -0.15) is 18.3 Å². The van der Waals surface area contributed by atoms with Crippen molar-refractivity contribution in [2.24, 2.45) is 0 Å². The quantitative estimate of drug-likeness (QED) is 0.446. The van der Waals surface area contributed by atoms with Gasteiger partial charge in [0, 0.05) is 31.6 Å². The first-order valence-electron chi connectivity index (χ1n) is 12.3. The second kappa shape index (κ2) is 9.00. The van der Waals surface area contributed by atoms with Crippen molar-refractivity contribution in [3.05, 3.63) is 36.2 Å². The zero-order valence-electron chi connectivity index (χ0n) is 19.9. The third-order valence-corrected chi connectivity index (χ3v) is 6.89. The topological polar surface area (TPSA) is 85.4 Å². The number of nitrogens with zero attached hydrogens (tertiary/aromatic N) is 7. The van der Waals surface area contributed by atoms with Crippen LogP contribution in [-0.4, -0.2) is 67.0 Å². The average Bonchev–Trinajstić information content (AvgIpc) is 3.41. The van der Waals surface area contributed by atoms with Crippen molar-refractivity contribution in [1.29, 1.82) is 0 Å². The minimum atomic E-state index is -4.65. The van der Waals surface area contributed by atoms with E-state index in [4.69, 9.17) is 4.74 Å². The van der Waals surface area contributed by atoms with E-state index in [0.29, 0.717) is 29.6 Å². The molecule has 1 N–H and O–H groups in total. The fourth-order valence-corrected chi connectivity index (χ4v) is 5.17. The van der Waals surface area contributed by atoms with E-state index in [-0.39, 0.29) is 23.4 Å². The summed E-state index contributed by atoms with van der Waals surface area (Å²) >= 11 is 0. The highest BCUT2D eigenvalue weighted by molar-refractivity contribution is 6.03. The highest BCUT2D eigenvalue weighted by atomic mass is 19.4. The maximum absolute atomic E-state index is 14.2. The Bertz CT molecular complexity index is 1390. The molecule has 0 saturated carbocycles.